The van der Waals surface area contributed by atoms with E-state index in [0.29, 0.717) is 43.9 Å². The maximum absolute atomic E-state index is 12.8. The lowest BCUT2D eigenvalue weighted by Gasteiger charge is -2.28. The first kappa shape index (κ1) is 23.4. The number of nitrogens with one attached hydrogen (secondary N) is 1. The number of carboxylic acid groups (broad SMARTS) is 1. The summed E-state index contributed by atoms with van der Waals surface area (Å²) < 4.78 is 11.1. The number of urea groups is 1. The number of ether oxygens (including phenoxy) is 2. The van der Waals surface area contributed by atoms with Crippen molar-refractivity contribution in [3.05, 3.63) is 29.8 Å². The Morgan fingerprint density at radius 1 is 1.13 bits per heavy atom. The van der Waals surface area contributed by atoms with Crippen molar-refractivity contribution in [1.82, 2.24) is 10.2 Å². The van der Waals surface area contributed by atoms with Crippen molar-refractivity contribution in [3.63, 3.8) is 0 Å². The lowest BCUT2D eigenvalue weighted by Crippen LogP contribution is -2.47. The second kappa shape index (κ2) is 11.9. The predicted molar refractivity (Wildman–Crippen MR) is 118 cm³/mol. The maximum Gasteiger partial charge on any atom is 0.333 e. The van der Waals surface area contributed by atoms with Crippen molar-refractivity contribution in [3.8, 4) is 5.75 Å². The van der Waals surface area contributed by atoms with Crippen LogP contribution in [0.2, 0.25) is 0 Å². The summed E-state index contributed by atoms with van der Waals surface area (Å²) >= 11 is 0. The van der Waals surface area contributed by atoms with Crippen LogP contribution in [0.3, 0.4) is 0 Å². The van der Waals surface area contributed by atoms with Gasteiger partial charge in [-0.25, -0.2) is 9.59 Å². The molecule has 2 aliphatic rings. The van der Waals surface area contributed by atoms with Gasteiger partial charge in [0.15, 0.2) is 6.10 Å². The van der Waals surface area contributed by atoms with E-state index in [4.69, 9.17) is 9.47 Å². The number of aliphatic carboxylic acids is 1. The van der Waals surface area contributed by atoms with Crippen LogP contribution in [0.4, 0.5) is 4.79 Å². The van der Waals surface area contributed by atoms with Crippen molar-refractivity contribution in [2.75, 3.05) is 26.3 Å². The normalized spacial score (nSPS) is 17.7. The first-order valence-corrected chi connectivity index (χ1v) is 11.7. The van der Waals surface area contributed by atoms with E-state index in [-0.39, 0.29) is 6.03 Å². The van der Waals surface area contributed by atoms with Crippen LogP contribution >= 0.6 is 0 Å². The molecule has 0 bridgehead atoms. The Balaban J connectivity index is 1.45. The van der Waals surface area contributed by atoms with Crippen molar-refractivity contribution in [2.24, 2.45) is 5.92 Å². The average molecular weight is 433 g/mol. The number of amides is 2. The Hall–Kier alpha value is -2.28. The fourth-order valence-corrected chi connectivity index (χ4v) is 4.03. The largest absolute Gasteiger partial charge is 0.492 e. The monoisotopic (exact) mass is 432 g/mol. The fourth-order valence-electron chi connectivity index (χ4n) is 4.03. The van der Waals surface area contributed by atoms with Crippen molar-refractivity contribution in [1.29, 1.82) is 0 Å². The molecule has 2 saturated carbocycles. The molecule has 2 aliphatic carbocycles. The molecule has 7 nitrogen and oxygen atoms in total. The quantitative estimate of drug-likeness (QED) is 0.524. The molecule has 1 unspecified atom stereocenters. The standard InChI is InChI=1S/C24H36N2O5/c1-2-30-22(23(27)28)16-18-10-12-21(13-11-18)31-15-14-26(17-19-8-9-19)24(29)25-20-6-4-3-5-7-20/h10-13,19-20,22H,2-9,14-17H2,1H3,(H,25,29)(H,27,28). The third-order valence-corrected chi connectivity index (χ3v) is 6.01. The van der Waals surface area contributed by atoms with Gasteiger partial charge in [-0.1, -0.05) is 31.4 Å². The Morgan fingerprint density at radius 2 is 1.84 bits per heavy atom. The van der Waals surface area contributed by atoms with E-state index >= 15 is 0 Å². The molecule has 0 saturated heterocycles. The molecule has 0 spiro atoms. The molecule has 7 heteroatoms. The highest BCUT2D eigenvalue weighted by molar-refractivity contribution is 5.74. The van der Waals surface area contributed by atoms with Gasteiger partial charge in [-0.05, 0) is 56.2 Å². The highest BCUT2D eigenvalue weighted by Crippen LogP contribution is 2.30. The van der Waals surface area contributed by atoms with Gasteiger partial charge in [0, 0.05) is 25.6 Å². The van der Waals surface area contributed by atoms with Gasteiger partial charge in [-0.15, -0.1) is 0 Å². The molecule has 2 N–H and O–H groups in total. The SMILES string of the molecule is CCOC(Cc1ccc(OCCN(CC2CC2)C(=O)NC2CCCCC2)cc1)C(=O)O. The van der Waals surface area contributed by atoms with Crippen LogP contribution in [0.25, 0.3) is 0 Å². The van der Waals surface area contributed by atoms with Crippen molar-refractivity contribution in [2.45, 2.75) is 70.4 Å². The summed E-state index contributed by atoms with van der Waals surface area (Å²) in [7, 11) is 0. The lowest BCUT2D eigenvalue weighted by atomic mass is 9.96. The first-order valence-electron chi connectivity index (χ1n) is 11.7. The zero-order valence-corrected chi connectivity index (χ0v) is 18.6. The van der Waals surface area contributed by atoms with Gasteiger partial charge in [0.1, 0.15) is 12.4 Å². The lowest BCUT2D eigenvalue weighted by molar-refractivity contribution is -0.149. The number of hydrogen-bond acceptors (Lipinski definition) is 4. The molecule has 0 heterocycles. The molecule has 0 radical (unpaired) electrons. The van der Waals surface area contributed by atoms with E-state index in [1.54, 1.807) is 6.92 Å². The molecule has 3 rings (SSSR count). The summed E-state index contributed by atoms with van der Waals surface area (Å²) in [4.78, 5) is 25.9. The van der Waals surface area contributed by atoms with Gasteiger partial charge >= 0.3 is 12.0 Å². The molecule has 1 aromatic rings. The number of carbonyl (C=O) groups excluding carboxylic acids is 1. The fraction of sp³-hybridized carbons (Fsp3) is 0.667. The average Bonchev–Trinajstić information content (AvgIpc) is 3.58. The second-order valence-corrected chi connectivity index (χ2v) is 8.65. The smallest absolute Gasteiger partial charge is 0.333 e. The Labute approximate surface area is 185 Å². The van der Waals surface area contributed by atoms with Crippen molar-refractivity contribution >= 4 is 12.0 Å². The van der Waals surface area contributed by atoms with E-state index in [9.17, 15) is 14.7 Å². The van der Waals surface area contributed by atoms with Gasteiger partial charge < -0.3 is 24.8 Å². The molecule has 0 aromatic heterocycles. The van der Waals surface area contributed by atoms with Crippen LogP contribution in [0, 0.1) is 5.92 Å². The minimum atomic E-state index is -0.954. The number of nitrogens with zero attached hydrogens (tertiary/aromatic N) is 1. The maximum atomic E-state index is 12.8. The molecule has 0 aliphatic heterocycles. The number of carbonyl (C=O) groups is 2. The van der Waals surface area contributed by atoms with E-state index in [1.807, 2.05) is 29.2 Å². The van der Waals surface area contributed by atoms with Crippen LogP contribution in [0.15, 0.2) is 24.3 Å². The Kier molecular flexibility index (Phi) is 9.00. The summed E-state index contributed by atoms with van der Waals surface area (Å²) in [6.07, 6.45) is 7.72. The third kappa shape index (κ3) is 8.05. The highest BCUT2D eigenvalue weighted by atomic mass is 16.5. The zero-order chi connectivity index (χ0) is 22.1. The summed E-state index contributed by atoms with van der Waals surface area (Å²) in [5.41, 5.74) is 0.885. The predicted octanol–water partition coefficient (Wildman–Crippen LogP) is 3.85. The topological polar surface area (TPSA) is 88.1 Å². The van der Waals surface area contributed by atoms with E-state index < -0.39 is 12.1 Å². The van der Waals surface area contributed by atoms with Gasteiger partial charge in [0.25, 0.3) is 0 Å². The second-order valence-electron chi connectivity index (χ2n) is 8.65. The summed E-state index contributed by atoms with van der Waals surface area (Å²) in [5.74, 6) is 0.388. The first-order chi connectivity index (χ1) is 15.0. The van der Waals surface area contributed by atoms with Gasteiger partial charge in [-0.3, -0.25) is 0 Å². The number of rotatable bonds is 12. The van der Waals surface area contributed by atoms with E-state index in [1.165, 1.54) is 32.1 Å². The molecule has 2 amide bonds. The number of hydrogen-bond donors (Lipinski definition) is 2. The van der Waals surface area contributed by atoms with Crippen LogP contribution in [0.1, 0.15) is 57.4 Å². The van der Waals surface area contributed by atoms with Gasteiger partial charge in [0.05, 0.1) is 6.54 Å². The minimum absolute atomic E-state index is 0.0355. The summed E-state index contributed by atoms with van der Waals surface area (Å²) in [6, 6.07) is 7.75. The minimum Gasteiger partial charge on any atom is -0.492 e. The Morgan fingerprint density at radius 3 is 2.45 bits per heavy atom. The molecule has 2 fully saturated rings. The van der Waals surface area contributed by atoms with Crippen molar-refractivity contribution < 1.29 is 24.2 Å². The van der Waals surface area contributed by atoms with Crippen LogP contribution in [-0.2, 0) is 16.0 Å². The van der Waals surface area contributed by atoms with Crippen LogP contribution < -0.4 is 10.1 Å². The number of carboxylic acids is 1. The summed E-state index contributed by atoms with van der Waals surface area (Å²) in [5, 5.41) is 12.4. The Bertz CT molecular complexity index is 698. The van der Waals surface area contributed by atoms with Gasteiger partial charge in [0.2, 0.25) is 0 Å². The molecule has 172 valence electrons. The van der Waals surface area contributed by atoms with Gasteiger partial charge in [-0.2, -0.15) is 0 Å². The number of benzene rings is 1. The third-order valence-electron chi connectivity index (χ3n) is 6.01. The molecular weight excluding hydrogens is 396 g/mol. The summed E-state index contributed by atoms with van der Waals surface area (Å²) in [6.45, 7) is 3.94. The highest BCUT2D eigenvalue weighted by Gasteiger charge is 2.28. The molecule has 31 heavy (non-hydrogen) atoms. The zero-order valence-electron chi connectivity index (χ0n) is 18.6. The molecule has 1 atom stereocenters. The molecule has 1 aromatic carbocycles. The van der Waals surface area contributed by atoms with Crippen LogP contribution in [-0.4, -0.2) is 60.5 Å². The molecular formula is C24H36N2O5. The van der Waals surface area contributed by atoms with E-state index in [2.05, 4.69) is 5.32 Å². The van der Waals surface area contributed by atoms with Crippen LogP contribution in [0.5, 0.6) is 5.75 Å². The van der Waals surface area contributed by atoms with E-state index in [0.717, 1.165) is 24.9 Å².